The Morgan fingerprint density at radius 3 is 2.40 bits per heavy atom. The van der Waals surface area contributed by atoms with E-state index in [2.05, 4.69) is 13.8 Å². The fraction of sp³-hybridized carbons (Fsp3) is 0.958. The molecule has 0 aliphatic heterocycles. The van der Waals surface area contributed by atoms with Crippen LogP contribution in [0.5, 0.6) is 0 Å². The molecule has 0 aromatic carbocycles. The van der Waals surface area contributed by atoms with Gasteiger partial charge in [-0.05, 0) is 86.4 Å². The number of rotatable bonds is 4. The Labute approximate surface area is 179 Å². The van der Waals surface area contributed by atoms with Crippen molar-refractivity contribution in [1.29, 1.82) is 0 Å². The largest absolute Gasteiger partial charge is 0.481 e. The molecule has 0 amide bonds. The van der Waals surface area contributed by atoms with Crippen molar-refractivity contribution in [3.05, 3.63) is 0 Å². The molecular formula is C24H39FO5. The smallest absolute Gasteiger partial charge is 0.303 e. The van der Waals surface area contributed by atoms with Gasteiger partial charge in [0.25, 0.3) is 0 Å². The average molecular weight is 427 g/mol. The number of alkyl halides is 1. The van der Waals surface area contributed by atoms with Crippen molar-refractivity contribution in [3.8, 4) is 0 Å². The average Bonchev–Trinajstić information content (AvgIpc) is 3.02. The second kappa shape index (κ2) is 7.41. The quantitative estimate of drug-likeness (QED) is 0.513. The van der Waals surface area contributed by atoms with Crippen molar-refractivity contribution in [3.63, 3.8) is 0 Å². The lowest BCUT2D eigenvalue weighted by molar-refractivity contribution is -0.355. The summed E-state index contributed by atoms with van der Waals surface area (Å²) >= 11 is 0. The van der Waals surface area contributed by atoms with Crippen LogP contribution >= 0.6 is 0 Å². The summed E-state index contributed by atoms with van der Waals surface area (Å²) in [6, 6.07) is 0. The van der Waals surface area contributed by atoms with E-state index in [1.54, 1.807) is 0 Å². The summed E-state index contributed by atoms with van der Waals surface area (Å²) in [6.45, 7) is 6.28. The molecule has 0 aromatic heterocycles. The zero-order valence-corrected chi connectivity index (χ0v) is 18.6. The van der Waals surface area contributed by atoms with Crippen LogP contribution in [0, 0.1) is 46.3 Å². The number of aliphatic hydroxyl groups excluding tert-OH is 1. The molecule has 4 saturated carbocycles. The fourth-order valence-electron chi connectivity index (χ4n) is 8.89. The number of fused-ring (bicyclic) bond motifs is 5. The SMILES string of the molecule is C[C@H](CCC(=O)O)[C@H]1CC[C@H]2[C@@H]3C[C@H](F)[C@@H]4CCC(O)C(O)(O)[C@]4(C)[C@H]3CC[C@]12C. The third-order valence-corrected chi connectivity index (χ3v) is 10.5. The Hall–Kier alpha value is -0.720. The Kier molecular flexibility index (Phi) is 5.55. The minimum absolute atomic E-state index is 0.00870. The van der Waals surface area contributed by atoms with Crippen molar-refractivity contribution < 1.29 is 29.6 Å². The van der Waals surface area contributed by atoms with E-state index in [1.165, 1.54) is 0 Å². The molecule has 4 rings (SSSR count). The van der Waals surface area contributed by atoms with Gasteiger partial charge in [-0.15, -0.1) is 0 Å². The van der Waals surface area contributed by atoms with Crippen molar-refractivity contribution in [2.45, 2.75) is 96.6 Å². The highest BCUT2D eigenvalue weighted by Crippen LogP contribution is 2.69. The van der Waals surface area contributed by atoms with Crippen molar-refractivity contribution in [2.24, 2.45) is 46.3 Å². The van der Waals surface area contributed by atoms with Gasteiger partial charge in [0.1, 0.15) is 12.3 Å². The molecule has 0 aromatic rings. The topological polar surface area (TPSA) is 98.0 Å². The zero-order valence-electron chi connectivity index (χ0n) is 18.6. The molecule has 4 fully saturated rings. The molecule has 4 aliphatic carbocycles. The fourth-order valence-corrected chi connectivity index (χ4v) is 8.89. The summed E-state index contributed by atoms with van der Waals surface area (Å²) in [5.74, 6) is -2.30. The maximum Gasteiger partial charge on any atom is 0.303 e. The molecular weight excluding hydrogens is 387 g/mol. The molecule has 30 heavy (non-hydrogen) atoms. The van der Waals surface area contributed by atoms with Crippen LogP contribution in [0.4, 0.5) is 4.39 Å². The highest BCUT2D eigenvalue weighted by molar-refractivity contribution is 5.66. The summed E-state index contributed by atoms with van der Waals surface area (Å²) < 4.78 is 15.5. The number of aliphatic hydroxyl groups is 3. The highest BCUT2D eigenvalue weighted by Gasteiger charge is 2.69. The summed E-state index contributed by atoms with van der Waals surface area (Å²) in [4.78, 5) is 11.1. The van der Waals surface area contributed by atoms with Gasteiger partial charge in [0.15, 0.2) is 5.79 Å². The van der Waals surface area contributed by atoms with E-state index in [0.717, 1.165) is 25.7 Å². The van der Waals surface area contributed by atoms with Gasteiger partial charge in [-0.1, -0.05) is 20.8 Å². The Morgan fingerprint density at radius 2 is 1.73 bits per heavy atom. The maximum atomic E-state index is 15.5. The third-order valence-electron chi connectivity index (χ3n) is 10.5. The van der Waals surface area contributed by atoms with Crippen LogP contribution in [0.2, 0.25) is 0 Å². The van der Waals surface area contributed by atoms with E-state index in [9.17, 15) is 20.1 Å². The molecule has 0 heterocycles. The Balaban J connectivity index is 1.62. The third kappa shape index (κ3) is 3.00. The summed E-state index contributed by atoms with van der Waals surface area (Å²) in [6.07, 6.45) is 3.56. The van der Waals surface area contributed by atoms with Crippen LogP contribution in [0.25, 0.3) is 0 Å². The van der Waals surface area contributed by atoms with Gasteiger partial charge in [-0.25, -0.2) is 4.39 Å². The molecule has 4 aliphatic rings. The van der Waals surface area contributed by atoms with Crippen LogP contribution in [-0.2, 0) is 4.79 Å². The molecule has 0 spiro atoms. The lowest BCUT2D eigenvalue weighted by Crippen LogP contribution is -2.70. The number of carbonyl (C=O) groups is 1. The number of hydrogen-bond donors (Lipinski definition) is 4. The van der Waals surface area contributed by atoms with E-state index in [0.29, 0.717) is 37.0 Å². The highest BCUT2D eigenvalue weighted by atomic mass is 19.1. The molecule has 1 unspecified atom stereocenters. The number of carboxylic acids is 1. The van der Waals surface area contributed by atoms with Crippen LogP contribution in [-0.4, -0.2) is 44.5 Å². The number of aliphatic carboxylic acids is 1. The van der Waals surface area contributed by atoms with E-state index in [1.807, 2.05) is 6.92 Å². The number of hydrogen-bond acceptors (Lipinski definition) is 4. The first-order valence-electron chi connectivity index (χ1n) is 11.9. The predicted molar refractivity (Wildman–Crippen MR) is 110 cm³/mol. The summed E-state index contributed by atoms with van der Waals surface area (Å²) in [5.41, 5.74) is -0.996. The lowest BCUT2D eigenvalue weighted by Gasteiger charge is -2.65. The van der Waals surface area contributed by atoms with E-state index in [-0.39, 0.29) is 30.1 Å². The monoisotopic (exact) mass is 426 g/mol. The van der Waals surface area contributed by atoms with Crippen molar-refractivity contribution in [1.82, 2.24) is 0 Å². The first-order valence-corrected chi connectivity index (χ1v) is 11.9. The molecule has 4 N–H and O–H groups in total. The first kappa shape index (κ1) is 22.5. The summed E-state index contributed by atoms with van der Waals surface area (Å²) in [5, 5.41) is 41.5. The molecule has 0 saturated heterocycles. The van der Waals surface area contributed by atoms with Crippen molar-refractivity contribution in [2.75, 3.05) is 0 Å². The zero-order chi connectivity index (χ0) is 22.1. The second-order valence-electron chi connectivity index (χ2n) is 11.5. The Morgan fingerprint density at radius 1 is 1.07 bits per heavy atom. The van der Waals surface area contributed by atoms with Crippen molar-refractivity contribution >= 4 is 5.97 Å². The normalized spacial score (nSPS) is 50.8. The molecule has 5 nitrogen and oxygen atoms in total. The molecule has 6 heteroatoms. The predicted octanol–water partition coefficient (Wildman–Crippen LogP) is 3.75. The van der Waals surface area contributed by atoms with Crippen LogP contribution in [0.1, 0.15) is 78.6 Å². The van der Waals surface area contributed by atoms with Gasteiger partial charge in [-0.3, -0.25) is 4.79 Å². The van der Waals surface area contributed by atoms with Crippen LogP contribution in [0.15, 0.2) is 0 Å². The van der Waals surface area contributed by atoms with E-state index in [4.69, 9.17) is 5.11 Å². The van der Waals surface area contributed by atoms with Gasteiger partial charge in [-0.2, -0.15) is 0 Å². The maximum absolute atomic E-state index is 15.5. The minimum atomic E-state index is -2.26. The standard InChI is InChI=1S/C24H39FO5/c1-13(4-9-21(27)28)15-5-6-16-14-12-19(25)18-7-8-20(26)24(29,30)23(18,3)17(14)10-11-22(15,16)2/h13-20,26,29-30H,4-12H2,1-3H3,(H,27,28)/t13-,14+,15-,16+,17+,18+,19+,20?,22-,23-/m1/s1. The molecule has 172 valence electrons. The summed E-state index contributed by atoms with van der Waals surface area (Å²) in [7, 11) is 0. The number of halogens is 1. The molecule has 0 bridgehead atoms. The van der Waals surface area contributed by atoms with E-state index >= 15 is 4.39 Å². The molecule has 10 atom stereocenters. The number of carboxylic acid groups (broad SMARTS) is 1. The lowest BCUT2D eigenvalue weighted by atomic mass is 9.42. The van der Waals surface area contributed by atoms with Gasteiger partial charge < -0.3 is 20.4 Å². The van der Waals surface area contributed by atoms with Gasteiger partial charge in [0.05, 0.1) is 0 Å². The van der Waals surface area contributed by atoms with Gasteiger partial charge in [0.2, 0.25) is 0 Å². The van der Waals surface area contributed by atoms with E-state index < -0.39 is 35.4 Å². The molecule has 0 radical (unpaired) electrons. The van der Waals surface area contributed by atoms with Crippen LogP contribution < -0.4 is 0 Å². The van der Waals surface area contributed by atoms with Gasteiger partial charge in [0, 0.05) is 17.8 Å². The second-order valence-corrected chi connectivity index (χ2v) is 11.5. The van der Waals surface area contributed by atoms with Crippen LogP contribution in [0.3, 0.4) is 0 Å². The minimum Gasteiger partial charge on any atom is -0.481 e. The first-order chi connectivity index (χ1) is 13.9. The Bertz CT molecular complexity index is 683. The van der Waals surface area contributed by atoms with Gasteiger partial charge >= 0.3 is 5.97 Å².